The number of esters is 1. The Hall–Kier alpha value is -2.64. The molecule has 3 rings (SSSR count). The number of ether oxygens (including phenoxy) is 2. The lowest BCUT2D eigenvalue weighted by Gasteiger charge is -2.29. The molecule has 0 saturated carbocycles. The van der Waals surface area contributed by atoms with Crippen LogP contribution in [0.25, 0.3) is 0 Å². The van der Waals surface area contributed by atoms with Crippen LogP contribution in [-0.2, 0) is 19.6 Å². The van der Waals surface area contributed by atoms with Crippen molar-refractivity contribution >= 4 is 16.0 Å². The molecule has 1 heterocycles. The summed E-state index contributed by atoms with van der Waals surface area (Å²) in [6.45, 7) is 5.59. The second-order valence-corrected chi connectivity index (χ2v) is 8.75. The summed E-state index contributed by atoms with van der Waals surface area (Å²) in [7, 11) is -2.30. The summed E-state index contributed by atoms with van der Waals surface area (Å²) >= 11 is 0. The van der Waals surface area contributed by atoms with E-state index in [9.17, 15) is 13.2 Å². The number of methoxy groups -OCH3 is 1. The standard InChI is InChI=1S/C22H25NO5S/c1-5-28-22(24)20-14-16(3)23(21(20)17-8-10-18(27-4)11-9-17)29(25,26)19-12-6-15(2)7-13-19/h6-14,16,21H,5H2,1-4H3/t16-,21+/m1/s1. The van der Waals surface area contributed by atoms with Crippen molar-refractivity contribution < 1.29 is 22.7 Å². The Morgan fingerprint density at radius 2 is 1.69 bits per heavy atom. The molecule has 0 saturated heterocycles. The molecule has 0 unspecified atom stereocenters. The van der Waals surface area contributed by atoms with Crippen molar-refractivity contribution in [1.29, 1.82) is 0 Å². The second kappa shape index (κ2) is 8.39. The minimum absolute atomic E-state index is 0.187. The van der Waals surface area contributed by atoms with E-state index in [1.54, 1.807) is 75.6 Å². The number of carbonyl (C=O) groups is 1. The Bertz CT molecular complexity index is 1010. The summed E-state index contributed by atoms with van der Waals surface area (Å²) in [4.78, 5) is 12.8. The maximum Gasteiger partial charge on any atom is 0.335 e. The summed E-state index contributed by atoms with van der Waals surface area (Å²) in [5.74, 6) is 0.135. The zero-order valence-electron chi connectivity index (χ0n) is 17.0. The first-order valence-corrected chi connectivity index (χ1v) is 10.9. The molecule has 2 atom stereocenters. The first-order valence-electron chi connectivity index (χ1n) is 9.42. The molecule has 0 bridgehead atoms. The highest BCUT2D eigenvalue weighted by Gasteiger charge is 2.44. The van der Waals surface area contributed by atoms with E-state index in [0.29, 0.717) is 16.9 Å². The third kappa shape index (κ3) is 4.06. The molecule has 2 aromatic rings. The van der Waals surface area contributed by atoms with Gasteiger partial charge in [-0.15, -0.1) is 0 Å². The first-order chi connectivity index (χ1) is 13.8. The highest BCUT2D eigenvalue weighted by molar-refractivity contribution is 7.89. The molecule has 0 N–H and O–H groups in total. The average Bonchev–Trinajstić information content (AvgIpc) is 3.06. The molecular formula is C22H25NO5S. The molecule has 6 nitrogen and oxygen atoms in total. The number of rotatable bonds is 6. The Kier molecular flexibility index (Phi) is 6.10. The minimum Gasteiger partial charge on any atom is -0.497 e. The molecule has 0 aliphatic carbocycles. The van der Waals surface area contributed by atoms with Crippen LogP contribution < -0.4 is 4.74 Å². The summed E-state index contributed by atoms with van der Waals surface area (Å²) in [5, 5.41) is 0. The Morgan fingerprint density at radius 1 is 1.07 bits per heavy atom. The van der Waals surface area contributed by atoms with Crippen molar-refractivity contribution in [1.82, 2.24) is 4.31 Å². The van der Waals surface area contributed by atoms with E-state index in [4.69, 9.17) is 9.47 Å². The number of carbonyl (C=O) groups excluding carboxylic acids is 1. The SMILES string of the molecule is CCOC(=O)C1=C[C@@H](C)N(S(=O)(=O)c2ccc(C)cc2)[C@H]1c1ccc(OC)cc1. The second-order valence-electron chi connectivity index (χ2n) is 6.91. The van der Waals surface area contributed by atoms with Gasteiger partial charge in [-0.3, -0.25) is 0 Å². The number of aryl methyl sites for hydroxylation is 1. The van der Waals surface area contributed by atoms with Gasteiger partial charge < -0.3 is 9.47 Å². The predicted molar refractivity (Wildman–Crippen MR) is 110 cm³/mol. The summed E-state index contributed by atoms with van der Waals surface area (Å²) in [6.07, 6.45) is 1.67. The Labute approximate surface area is 171 Å². The van der Waals surface area contributed by atoms with Gasteiger partial charge in [0.2, 0.25) is 10.0 Å². The lowest BCUT2D eigenvalue weighted by Crippen LogP contribution is -2.37. The zero-order valence-corrected chi connectivity index (χ0v) is 17.8. The van der Waals surface area contributed by atoms with E-state index in [1.807, 2.05) is 6.92 Å². The van der Waals surface area contributed by atoms with Gasteiger partial charge >= 0.3 is 5.97 Å². The average molecular weight is 416 g/mol. The van der Waals surface area contributed by atoms with E-state index in [1.165, 1.54) is 4.31 Å². The fraction of sp³-hybridized carbons (Fsp3) is 0.318. The molecule has 0 radical (unpaired) electrons. The maximum atomic E-state index is 13.5. The summed E-state index contributed by atoms with van der Waals surface area (Å²) in [5.41, 5.74) is 1.96. The fourth-order valence-corrected chi connectivity index (χ4v) is 5.23. The van der Waals surface area contributed by atoms with Crippen molar-refractivity contribution in [3.63, 3.8) is 0 Å². The third-order valence-corrected chi connectivity index (χ3v) is 6.88. The van der Waals surface area contributed by atoms with Crippen molar-refractivity contribution in [2.75, 3.05) is 13.7 Å². The van der Waals surface area contributed by atoms with Gasteiger partial charge in [0.25, 0.3) is 0 Å². The largest absolute Gasteiger partial charge is 0.497 e. The molecule has 0 aromatic heterocycles. The van der Waals surface area contributed by atoms with Gasteiger partial charge in [-0.2, -0.15) is 4.31 Å². The number of hydrogen-bond donors (Lipinski definition) is 0. The third-order valence-electron chi connectivity index (χ3n) is 4.91. The van der Waals surface area contributed by atoms with Gasteiger partial charge in [-0.1, -0.05) is 35.9 Å². The normalized spacial score (nSPS) is 19.7. The van der Waals surface area contributed by atoms with Crippen molar-refractivity contribution in [3.8, 4) is 5.75 Å². The number of hydrogen-bond acceptors (Lipinski definition) is 5. The van der Waals surface area contributed by atoms with Crippen molar-refractivity contribution in [2.45, 2.75) is 37.8 Å². The minimum atomic E-state index is -3.86. The quantitative estimate of drug-likeness (QED) is 0.674. The van der Waals surface area contributed by atoms with Gasteiger partial charge in [0.1, 0.15) is 5.75 Å². The van der Waals surface area contributed by atoms with Gasteiger partial charge in [-0.05, 0) is 50.6 Å². The van der Waals surface area contributed by atoms with Crippen LogP contribution in [-0.4, -0.2) is 38.5 Å². The van der Waals surface area contributed by atoms with E-state index in [0.717, 1.165) is 5.56 Å². The van der Waals surface area contributed by atoms with E-state index in [-0.39, 0.29) is 11.5 Å². The molecule has 154 valence electrons. The number of benzene rings is 2. The van der Waals surface area contributed by atoms with Crippen LogP contribution in [0.5, 0.6) is 5.75 Å². The summed E-state index contributed by atoms with van der Waals surface area (Å²) in [6, 6.07) is 12.4. The highest BCUT2D eigenvalue weighted by atomic mass is 32.2. The lowest BCUT2D eigenvalue weighted by atomic mass is 10.0. The first kappa shape index (κ1) is 21.1. The van der Waals surface area contributed by atoms with Gasteiger partial charge in [0, 0.05) is 6.04 Å². The summed E-state index contributed by atoms with van der Waals surface area (Å²) < 4.78 is 38.8. The number of nitrogens with zero attached hydrogens (tertiary/aromatic N) is 1. The van der Waals surface area contributed by atoms with Crippen LogP contribution >= 0.6 is 0 Å². The molecule has 7 heteroatoms. The molecule has 0 amide bonds. The Balaban J connectivity index is 2.10. The van der Waals surface area contributed by atoms with Crippen LogP contribution in [0.4, 0.5) is 0 Å². The highest BCUT2D eigenvalue weighted by Crippen LogP contribution is 2.41. The molecule has 0 spiro atoms. The van der Waals surface area contributed by atoms with Crippen LogP contribution in [0.15, 0.2) is 65.1 Å². The van der Waals surface area contributed by atoms with E-state index < -0.39 is 28.1 Å². The molecule has 29 heavy (non-hydrogen) atoms. The lowest BCUT2D eigenvalue weighted by molar-refractivity contribution is -0.138. The van der Waals surface area contributed by atoms with Crippen molar-refractivity contribution in [3.05, 3.63) is 71.3 Å². The number of sulfonamides is 1. The van der Waals surface area contributed by atoms with Crippen LogP contribution in [0.2, 0.25) is 0 Å². The van der Waals surface area contributed by atoms with Crippen LogP contribution in [0, 0.1) is 6.92 Å². The molecule has 0 fully saturated rings. The maximum absolute atomic E-state index is 13.5. The zero-order chi connectivity index (χ0) is 21.2. The monoisotopic (exact) mass is 415 g/mol. The van der Waals surface area contributed by atoms with Crippen LogP contribution in [0.3, 0.4) is 0 Å². The van der Waals surface area contributed by atoms with E-state index in [2.05, 4.69) is 0 Å². The fourth-order valence-electron chi connectivity index (χ4n) is 3.49. The van der Waals surface area contributed by atoms with E-state index >= 15 is 0 Å². The Morgan fingerprint density at radius 3 is 2.24 bits per heavy atom. The van der Waals surface area contributed by atoms with Gasteiger partial charge in [0.15, 0.2) is 0 Å². The smallest absolute Gasteiger partial charge is 0.335 e. The van der Waals surface area contributed by atoms with Gasteiger partial charge in [0.05, 0.1) is 30.2 Å². The molecule has 1 aliphatic heterocycles. The van der Waals surface area contributed by atoms with Crippen molar-refractivity contribution in [2.24, 2.45) is 0 Å². The molecular weight excluding hydrogens is 390 g/mol. The molecule has 2 aromatic carbocycles. The van der Waals surface area contributed by atoms with Gasteiger partial charge in [-0.25, -0.2) is 13.2 Å². The topological polar surface area (TPSA) is 72.9 Å². The molecule has 1 aliphatic rings. The predicted octanol–water partition coefficient (Wildman–Crippen LogP) is 3.63. The van der Waals surface area contributed by atoms with Crippen LogP contribution in [0.1, 0.15) is 31.0 Å².